The minimum atomic E-state index is -4.99. The maximum absolute atomic E-state index is 13.8. The Morgan fingerprint density at radius 3 is 1.89 bits per heavy atom. The van der Waals surface area contributed by atoms with E-state index in [4.69, 9.17) is 4.74 Å². The van der Waals surface area contributed by atoms with Crippen molar-refractivity contribution in [3.05, 3.63) is 44.9 Å². The molecule has 2 nitrogen and oxygen atoms in total. The van der Waals surface area contributed by atoms with Gasteiger partial charge in [0.05, 0.1) is 18.2 Å². The fourth-order valence-electron chi connectivity index (χ4n) is 3.17. The van der Waals surface area contributed by atoms with Crippen molar-refractivity contribution in [1.29, 1.82) is 0 Å². The first kappa shape index (κ1) is 22.4. The monoisotopic (exact) mass is 469 g/mol. The Kier molecular flexibility index (Phi) is 5.99. The van der Waals surface area contributed by atoms with E-state index in [-0.39, 0.29) is 22.9 Å². The third-order valence-corrected chi connectivity index (χ3v) is 4.97. The zero-order valence-corrected chi connectivity index (χ0v) is 17.3. The van der Waals surface area contributed by atoms with Gasteiger partial charge in [0, 0.05) is 40.9 Å². The van der Waals surface area contributed by atoms with Gasteiger partial charge in [-0.15, -0.1) is 0 Å². The predicted molar refractivity (Wildman–Crippen MR) is 99.9 cm³/mol. The van der Waals surface area contributed by atoms with Gasteiger partial charge in [0.2, 0.25) is 0 Å². The molecule has 0 saturated heterocycles. The average molecular weight is 470 g/mol. The lowest BCUT2D eigenvalue weighted by atomic mass is 9.90. The highest BCUT2D eigenvalue weighted by Crippen LogP contribution is 2.50. The number of aryl methyl sites for hydroxylation is 1. The highest BCUT2D eigenvalue weighted by atomic mass is 79.9. The number of hydrogen-bond donors (Lipinski definition) is 0. The molecule has 2 rings (SSSR count). The zero-order chi connectivity index (χ0) is 21.6. The second-order valence-corrected chi connectivity index (χ2v) is 7.37. The van der Waals surface area contributed by atoms with E-state index in [1.165, 1.54) is 26.1 Å². The van der Waals surface area contributed by atoms with E-state index in [0.717, 1.165) is 6.07 Å². The molecular weight excluding hydrogens is 452 g/mol. The van der Waals surface area contributed by atoms with Gasteiger partial charge in [-0.2, -0.15) is 26.3 Å². The number of methoxy groups -OCH3 is 1. The Morgan fingerprint density at radius 2 is 1.46 bits per heavy atom. The highest BCUT2D eigenvalue weighted by molar-refractivity contribution is 9.10. The van der Waals surface area contributed by atoms with Crippen molar-refractivity contribution >= 4 is 21.6 Å². The van der Waals surface area contributed by atoms with Crippen LogP contribution in [0.5, 0.6) is 5.75 Å². The molecule has 154 valence electrons. The number of benzene rings is 2. The van der Waals surface area contributed by atoms with Crippen molar-refractivity contribution in [2.24, 2.45) is 0 Å². The quantitative estimate of drug-likeness (QED) is 0.456. The molecule has 0 heterocycles. The Hall–Kier alpha value is -1.90. The molecule has 0 aliphatic carbocycles. The smallest absolute Gasteiger partial charge is 0.417 e. The second kappa shape index (κ2) is 7.50. The van der Waals surface area contributed by atoms with Gasteiger partial charge >= 0.3 is 12.4 Å². The predicted octanol–water partition coefficient (Wildman–Crippen LogP) is 6.85. The first-order valence-electron chi connectivity index (χ1n) is 8.04. The van der Waals surface area contributed by atoms with Crippen LogP contribution >= 0.6 is 15.9 Å². The topological polar surface area (TPSA) is 12.5 Å². The Morgan fingerprint density at radius 1 is 0.893 bits per heavy atom. The standard InChI is InChI=1S/C19H18BrF6NO/c1-9-6-13(20)15(10(2)17(9)28-5)16-12(19(24,25)26)7-11(18(21,22)23)8-14(16)27(3)4/h6-8H,1-5H3. The van der Waals surface area contributed by atoms with Crippen LogP contribution in [-0.4, -0.2) is 21.2 Å². The van der Waals surface area contributed by atoms with Gasteiger partial charge in [-0.05, 0) is 37.6 Å². The molecular formula is C19H18BrF6NO. The van der Waals surface area contributed by atoms with Crippen molar-refractivity contribution in [3.8, 4) is 16.9 Å². The summed E-state index contributed by atoms with van der Waals surface area (Å²) in [6.07, 6.45) is -9.91. The van der Waals surface area contributed by atoms with E-state index >= 15 is 0 Å². The fourth-order valence-corrected chi connectivity index (χ4v) is 4.01. The van der Waals surface area contributed by atoms with Crippen molar-refractivity contribution in [2.75, 3.05) is 26.1 Å². The summed E-state index contributed by atoms with van der Waals surface area (Å²) in [4.78, 5) is 1.23. The number of nitrogens with zero attached hydrogens (tertiary/aromatic N) is 1. The fraction of sp³-hybridized carbons (Fsp3) is 0.368. The summed E-state index contributed by atoms with van der Waals surface area (Å²) < 4.78 is 86.9. The molecule has 0 amide bonds. The number of halogens is 7. The van der Waals surface area contributed by atoms with Gasteiger partial charge in [-0.25, -0.2) is 0 Å². The summed E-state index contributed by atoms with van der Waals surface area (Å²) in [5.74, 6) is 0.371. The maximum Gasteiger partial charge on any atom is 0.417 e. The van der Waals surface area contributed by atoms with Crippen molar-refractivity contribution in [3.63, 3.8) is 0 Å². The van der Waals surface area contributed by atoms with E-state index in [1.54, 1.807) is 19.9 Å². The van der Waals surface area contributed by atoms with Gasteiger partial charge < -0.3 is 9.64 Å². The summed E-state index contributed by atoms with van der Waals surface area (Å²) in [6, 6.07) is 2.46. The average Bonchev–Trinajstić information content (AvgIpc) is 2.52. The largest absolute Gasteiger partial charge is 0.496 e. The SMILES string of the molecule is COc1c(C)cc(Br)c(-c2c(N(C)C)cc(C(F)(F)F)cc2C(F)(F)F)c1C. The molecule has 0 atom stereocenters. The molecule has 0 spiro atoms. The molecule has 0 bridgehead atoms. The van der Waals surface area contributed by atoms with Crippen LogP contribution in [0.4, 0.5) is 32.0 Å². The van der Waals surface area contributed by atoms with Crippen LogP contribution in [0, 0.1) is 13.8 Å². The molecule has 9 heteroatoms. The Labute approximate surface area is 167 Å². The van der Waals surface area contributed by atoms with E-state index in [9.17, 15) is 26.3 Å². The van der Waals surface area contributed by atoms with E-state index in [2.05, 4.69) is 15.9 Å². The lowest BCUT2D eigenvalue weighted by molar-refractivity contribution is -0.142. The summed E-state index contributed by atoms with van der Waals surface area (Å²) in [7, 11) is 4.18. The number of ether oxygens (including phenoxy) is 1. The van der Waals surface area contributed by atoms with Crippen molar-refractivity contribution < 1.29 is 31.1 Å². The molecule has 2 aromatic rings. The first-order valence-corrected chi connectivity index (χ1v) is 8.83. The van der Waals surface area contributed by atoms with E-state index < -0.39 is 23.5 Å². The molecule has 0 aliphatic heterocycles. The normalized spacial score (nSPS) is 12.3. The molecule has 0 N–H and O–H groups in total. The second-order valence-electron chi connectivity index (χ2n) is 6.52. The Bertz CT molecular complexity index is 903. The van der Waals surface area contributed by atoms with Gasteiger partial charge in [-0.3, -0.25) is 0 Å². The zero-order valence-electron chi connectivity index (χ0n) is 15.7. The van der Waals surface area contributed by atoms with Crippen LogP contribution in [-0.2, 0) is 12.4 Å². The van der Waals surface area contributed by atoms with Gasteiger partial charge in [0.15, 0.2) is 0 Å². The molecule has 0 radical (unpaired) electrons. The number of alkyl halides is 6. The minimum absolute atomic E-state index is 0.132. The van der Waals surface area contributed by atoms with Gasteiger partial charge in [-0.1, -0.05) is 15.9 Å². The van der Waals surface area contributed by atoms with Crippen LogP contribution in [0.15, 0.2) is 22.7 Å². The molecule has 0 aromatic heterocycles. The van der Waals surface area contributed by atoms with Crippen LogP contribution < -0.4 is 9.64 Å². The van der Waals surface area contributed by atoms with Gasteiger partial charge in [0.1, 0.15) is 5.75 Å². The van der Waals surface area contributed by atoms with Crippen molar-refractivity contribution in [2.45, 2.75) is 26.2 Å². The van der Waals surface area contributed by atoms with Crippen LogP contribution in [0.2, 0.25) is 0 Å². The summed E-state index contributed by atoms with van der Waals surface area (Å²) in [6.45, 7) is 3.30. The number of rotatable bonds is 3. The lowest BCUT2D eigenvalue weighted by Gasteiger charge is -2.26. The van der Waals surface area contributed by atoms with Crippen LogP contribution in [0.1, 0.15) is 22.3 Å². The number of hydrogen-bond acceptors (Lipinski definition) is 2. The third-order valence-electron chi connectivity index (χ3n) is 4.34. The Balaban J connectivity index is 3.07. The highest BCUT2D eigenvalue weighted by Gasteiger charge is 2.41. The van der Waals surface area contributed by atoms with Crippen molar-refractivity contribution in [1.82, 2.24) is 0 Å². The van der Waals surface area contributed by atoms with Crippen LogP contribution in [0.25, 0.3) is 11.1 Å². The molecule has 2 aromatic carbocycles. The molecule has 0 saturated carbocycles. The first-order chi connectivity index (χ1) is 12.7. The summed E-state index contributed by atoms with van der Waals surface area (Å²) in [5, 5.41) is 0. The van der Waals surface area contributed by atoms with E-state index in [0.29, 0.717) is 21.3 Å². The van der Waals surface area contributed by atoms with Crippen LogP contribution in [0.3, 0.4) is 0 Å². The minimum Gasteiger partial charge on any atom is -0.496 e. The summed E-state index contributed by atoms with van der Waals surface area (Å²) in [5.41, 5.74) is -2.05. The lowest BCUT2D eigenvalue weighted by Crippen LogP contribution is -2.18. The maximum atomic E-state index is 13.8. The third kappa shape index (κ3) is 4.09. The summed E-state index contributed by atoms with van der Waals surface area (Å²) >= 11 is 3.28. The molecule has 28 heavy (non-hydrogen) atoms. The van der Waals surface area contributed by atoms with E-state index in [1.807, 2.05) is 0 Å². The molecule has 0 fully saturated rings. The molecule has 0 unspecified atom stereocenters. The molecule has 0 aliphatic rings. The number of anilines is 1. The van der Waals surface area contributed by atoms with Gasteiger partial charge in [0.25, 0.3) is 0 Å².